The molecule has 21 heavy (non-hydrogen) atoms. The predicted molar refractivity (Wildman–Crippen MR) is 79.6 cm³/mol. The molecule has 0 saturated carbocycles. The van der Waals surface area contributed by atoms with E-state index in [2.05, 4.69) is 10.3 Å². The summed E-state index contributed by atoms with van der Waals surface area (Å²) >= 11 is 1.49. The van der Waals surface area contributed by atoms with Gasteiger partial charge in [-0.25, -0.2) is 0 Å². The number of amides is 2. The Balaban J connectivity index is 1.72. The normalized spacial score (nSPS) is 18.7. The number of hydrogen-bond acceptors (Lipinski definition) is 4. The first-order valence-corrected chi connectivity index (χ1v) is 7.60. The third-order valence-electron chi connectivity index (χ3n) is 3.39. The van der Waals surface area contributed by atoms with Gasteiger partial charge in [0.2, 0.25) is 11.8 Å². The number of nitrogens with zero attached hydrogens (tertiary/aromatic N) is 2. The minimum absolute atomic E-state index is 0.0353. The highest BCUT2D eigenvalue weighted by molar-refractivity contribution is 7.09. The summed E-state index contributed by atoms with van der Waals surface area (Å²) < 4.78 is 0. The van der Waals surface area contributed by atoms with E-state index in [1.165, 1.54) is 11.3 Å². The van der Waals surface area contributed by atoms with Gasteiger partial charge in [0.15, 0.2) is 0 Å². The van der Waals surface area contributed by atoms with Crippen molar-refractivity contribution in [3.63, 3.8) is 0 Å². The first-order valence-electron chi connectivity index (χ1n) is 6.72. The zero-order valence-electron chi connectivity index (χ0n) is 11.4. The molecule has 108 valence electrons. The molecule has 1 fully saturated rings. The molecule has 0 aliphatic carbocycles. The van der Waals surface area contributed by atoms with Crippen LogP contribution in [-0.4, -0.2) is 34.3 Å². The van der Waals surface area contributed by atoms with Crippen LogP contribution >= 0.6 is 11.3 Å². The number of nitrogens with one attached hydrogen (secondary N) is 1. The molecule has 1 saturated heterocycles. The minimum Gasteiger partial charge on any atom is -0.342 e. The van der Waals surface area contributed by atoms with E-state index in [9.17, 15) is 9.59 Å². The molecule has 1 aromatic heterocycles. The molecular weight excluding hydrogens is 286 g/mol. The summed E-state index contributed by atoms with van der Waals surface area (Å²) in [6.45, 7) is 0.560. The number of carbonyl (C=O) groups excluding carboxylic acids is 2. The summed E-state index contributed by atoms with van der Waals surface area (Å²) in [6, 6.07) is 9.23. The lowest BCUT2D eigenvalue weighted by Crippen LogP contribution is -2.58. The number of carbonyl (C=O) groups is 2. The van der Waals surface area contributed by atoms with Gasteiger partial charge < -0.3 is 10.2 Å². The summed E-state index contributed by atoms with van der Waals surface area (Å²) in [5, 5.41) is 2.78. The molecule has 2 aromatic rings. The summed E-state index contributed by atoms with van der Waals surface area (Å²) in [5.74, 6) is -0.146. The summed E-state index contributed by atoms with van der Waals surface area (Å²) in [4.78, 5) is 30.9. The number of piperazine rings is 1. The Morgan fingerprint density at radius 1 is 1.29 bits per heavy atom. The van der Waals surface area contributed by atoms with Crippen LogP contribution in [0.15, 0.2) is 42.0 Å². The van der Waals surface area contributed by atoms with E-state index in [4.69, 9.17) is 0 Å². The maximum atomic E-state index is 12.5. The molecule has 2 heterocycles. The fourth-order valence-electron chi connectivity index (χ4n) is 2.40. The fourth-order valence-corrected chi connectivity index (χ4v) is 3.01. The molecule has 0 spiro atoms. The van der Waals surface area contributed by atoms with E-state index in [0.29, 0.717) is 13.0 Å². The standard InChI is InChI=1S/C15H15N3O2S/c19-14-9-18(8-12-7-16-10-21-12)15(20)13(17-14)6-11-4-2-1-3-5-11/h1-5,7,10,13H,6,8-9H2,(H,17,19). The van der Waals surface area contributed by atoms with Crippen molar-refractivity contribution in [3.05, 3.63) is 52.5 Å². The second-order valence-corrected chi connectivity index (χ2v) is 5.94. The number of thiazole rings is 1. The van der Waals surface area contributed by atoms with Gasteiger partial charge >= 0.3 is 0 Å². The molecule has 3 rings (SSSR count). The fraction of sp³-hybridized carbons (Fsp3) is 0.267. The molecule has 0 radical (unpaired) electrons. The van der Waals surface area contributed by atoms with E-state index >= 15 is 0 Å². The van der Waals surface area contributed by atoms with Crippen molar-refractivity contribution in [2.24, 2.45) is 0 Å². The Morgan fingerprint density at radius 2 is 2.10 bits per heavy atom. The van der Waals surface area contributed by atoms with E-state index in [1.54, 1.807) is 16.6 Å². The van der Waals surface area contributed by atoms with Crippen molar-refractivity contribution in [3.8, 4) is 0 Å². The van der Waals surface area contributed by atoms with Gasteiger partial charge in [0.25, 0.3) is 0 Å². The van der Waals surface area contributed by atoms with Crippen LogP contribution in [0.25, 0.3) is 0 Å². The summed E-state index contributed by atoms with van der Waals surface area (Å²) in [6.07, 6.45) is 2.25. The highest BCUT2D eigenvalue weighted by atomic mass is 32.1. The van der Waals surface area contributed by atoms with Crippen LogP contribution in [0.4, 0.5) is 0 Å². The Bertz CT molecular complexity index is 628. The van der Waals surface area contributed by atoms with Crippen molar-refractivity contribution in [2.75, 3.05) is 6.54 Å². The van der Waals surface area contributed by atoms with Crippen molar-refractivity contribution in [1.82, 2.24) is 15.2 Å². The third-order valence-corrected chi connectivity index (χ3v) is 4.16. The number of benzene rings is 1. The van der Waals surface area contributed by atoms with Crippen molar-refractivity contribution in [1.29, 1.82) is 0 Å². The smallest absolute Gasteiger partial charge is 0.246 e. The van der Waals surface area contributed by atoms with Crippen molar-refractivity contribution < 1.29 is 9.59 Å². The van der Waals surface area contributed by atoms with Crippen LogP contribution in [0, 0.1) is 0 Å². The van der Waals surface area contributed by atoms with Gasteiger partial charge in [0.1, 0.15) is 6.04 Å². The Hall–Kier alpha value is -2.21. The second kappa shape index (κ2) is 6.05. The van der Waals surface area contributed by atoms with Crippen LogP contribution in [0.3, 0.4) is 0 Å². The van der Waals surface area contributed by atoms with E-state index in [0.717, 1.165) is 10.4 Å². The third kappa shape index (κ3) is 3.28. The average molecular weight is 301 g/mol. The Morgan fingerprint density at radius 3 is 2.81 bits per heavy atom. The van der Waals surface area contributed by atoms with Gasteiger partial charge in [-0.2, -0.15) is 0 Å². The largest absolute Gasteiger partial charge is 0.342 e. The monoisotopic (exact) mass is 301 g/mol. The van der Waals surface area contributed by atoms with Crippen LogP contribution in [0.5, 0.6) is 0 Å². The molecular formula is C15H15N3O2S. The Labute approximate surface area is 126 Å². The van der Waals surface area contributed by atoms with Gasteiger partial charge in [-0.3, -0.25) is 14.6 Å². The molecule has 6 heteroatoms. The first kappa shape index (κ1) is 13.8. The summed E-state index contributed by atoms with van der Waals surface area (Å²) in [7, 11) is 0. The lowest BCUT2D eigenvalue weighted by molar-refractivity contribution is -0.144. The first-order chi connectivity index (χ1) is 10.2. The zero-order valence-corrected chi connectivity index (χ0v) is 12.2. The molecule has 1 atom stereocenters. The van der Waals surface area contributed by atoms with Gasteiger partial charge in [0.05, 0.1) is 18.6 Å². The molecule has 5 nitrogen and oxygen atoms in total. The topological polar surface area (TPSA) is 62.3 Å². The van der Waals surface area contributed by atoms with Crippen LogP contribution in [0.2, 0.25) is 0 Å². The number of hydrogen-bond donors (Lipinski definition) is 1. The second-order valence-electron chi connectivity index (χ2n) is 4.97. The van der Waals surface area contributed by atoms with Crippen LogP contribution in [-0.2, 0) is 22.6 Å². The Kier molecular flexibility index (Phi) is 3.96. The van der Waals surface area contributed by atoms with Gasteiger partial charge in [-0.1, -0.05) is 30.3 Å². The summed E-state index contributed by atoms with van der Waals surface area (Å²) in [5.41, 5.74) is 2.77. The highest BCUT2D eigenvalue weighted by Gasteiger charge is 2.32. The lowest BCUT2D eigenvalue weighted by Gasteiger charge is -2.32. The molecule has 1 aliphatic heterocycles. The predicted octanol–water partition coefficient (Wildman–Crippen LogP) is 1.21. The van der Waals surface area contributed by atoms with Crippen LogP contribution < -0.4 is 5.32 Å². The maximum absolute atomic E-state index is 12.5. The molecule has 1 N–H and O–H groups in total. The average Bonchev–Trinajstić information content (AvgIpc) is 2.98. The van der Waals surface area contributed by atoms with Crippen molar-refractivity contribution in [2.45, 2.75) is 19.0 Å². The van der Waals surface area contributed by atoms with E-state index < -0.39 is 6.04 Å². The molecule has 1 unspecified atom stereocenters. The number of aromatic nitrogens is 1. The SMILES string of the molecule is O=C1CN(Cc2cncs2)C(=O)C(Cc2ccccc2)N1. The highest BCUT2D eigenvalue weighted by Crippen LogP contribution is 2.14. The molecule has 1 aliphatic rings. The zero-order chi connectivity index (χ0) is 14.7. The minimum atomic E-state index is -0.485. The van der Waals surface area contributed by atoms with E-state index in [1.807, 2.05) is 30.3 Å². The van der Waals surface area contributed by atoms with Gasteiger partial charge in [-0.15, -0.1) is 11.3 Å². The van der Waals surface area contributed by atoms with Gasteiger partial charge in [0, 0.05) is 17.5 Å². The van der Waals surface area contributed by atoms with E-state index in [-0.39, 0.29) is 18.4 Å². The lowest BCUT2D eigenvalue weighted by atomic mass is 10.0. The molecule has 1 aromatic carbocycles. The number of rotatable bonds is 4. The van der Waals surface area contributed by atoms with Crippen molar-refractivity contribution >= 4 is 23.2 Å². The quantitative estimate of drug-likeness (QED) is 0.923. The molecule has 2 amide bonds. The van der Waals surface area contributed by atoms with Crippen LogP contribution in [0.1, 0.15) is 10.4 Å². The molecule has 0 bridgehead atoms. The van der Waals surface area contributed by atoms with Gasteiger partial charge in [-0.05, 0) is 5.56 Å². The maximum Gasteiger partial charge on any atom is 0.246 e.